The van der Waals surface area contributed by atoms with Crippen LogP contribution in [0, 0.1) is 12.7 Å². The van der Waals surface area contributed by atoms with Crippen LogP contribution in [-0.2, 0) is 0 Å². The molecule has 0 aliphatic rings. The highest BCUT2D eigenvalue weighted by molar-refractivity contribution is 7.15. The van der Waals surface area contributed by atoms with Crippen LogP contribution in [0.4, 0.5) is 4.39 Å². The Labute approximate surface area is 105 Å². The van der Waals surface area contributed by atoms with E-state index in [9.17, 15) is 4.39 Å². The fourth-order valence-corrected chi connectivity index (χ4v) is 2.87. The van der Waals surface area contributed by atoms with Crippen LogP contribution in [0.25, 0.3) is 10.4 Å². The van der Waals surface area contributed by atoms with E-state index in [2.05, 4.69) is 6.92 Å². The van der Waals surface area contributed by atoms with Crippen molar-refractivity contribution in [2.75, 3.05) is 0 Å². The Morgan fingerprint density at radius 1 is 1.29 bits per heavy atom. The van der Waals surface area contributed by atoms with Crippen molar-refractivity contribution in [1.29, 1.82) is 0 Å². The van der Waals surface area contributed by atoms with Gasteiger partial charge in [0.1, 0.15) is 5.82 Å². The van der Waals surface area contributed by atoms with Crippen molar-refractivity contribution in [3.63, 3.8) is 0 Å². The van der Waals surface area contributed by atoms with Gasteiger partial charge in [0.2, 0.25) is 0 Å². The maximum absolute atomic E-state index is 13.3. The van der Waals surface area contributed by atoms with Crippen molar-refractivity contribution >= 4 is 11.3 Å². The molecule has 0 amide bonds. The highest BCUT2D eigenvalue weighted by atomic mass is 32.1. The molecule has 2 N–H and O–H groups in total. The van der Waals surface area contributed by atoms with E-state index >= 15 is 0 Å². The molecule has 2 rings (SSSR count). The SMILES string of the molecule is CCC(N)c1ccc(-c2cc(C)cc(F)c2)s1. The molecule has 1 nitrogen and oxygen atoms in total. The minimum atomic E-state index is -0.185. The summed E-state index contributed by atoms with van der Waals surface area (Å²) in [4.78, 5) is 2.23. The Kier molecular flexibility index (Phi) is 3.60. The summed E-state index contributed by atoms with van der Waals surface area (Å²) in [6.45, 7) is 3.97. The van der Waals surface area contributed by atoms with E-state index in [1.807, 2.05) is 25.1 Å². The molecular formula is C14H16FNS. The van der Waals surface area contributed by atoms with E-state index in [-0.39, 0.29) is 11.9 Å². The maximum atomic E-state index is 13.3. The Morgan fingerprint density at radius 2 is 2.06 bits per heavy atom. The molecule has 0 aliphatic heterocycles. The molecule has 1 heterocycles. The van der Waals surface area contributed by atoms with Gasteiger partial charge < -0.3 is 5.73 Å². The topological polar surface area (TPSA) is 26.0 Å². The zero-order chi connectivity index (χ0) is 12.4. The Balaban J connectivity index is 2.36. The molecule has 90 valence electrons. The summed E-state index contributed by atoms with van der Waals surface area (Å²) in [5, 5.41) is 0. The molecule has 3 heteroatoms. The van der Waals surface area contributed by atoms with Crippen molar-refractivity contribution in [2.45, 2.75) is 26.3 Å². The predicted octanol–water partition coefficient (Wildman–Crippen LogP) is 4.27. The summed E-state index contributed by atoms with van der Waals surface area (Å²) in [6, 6.07) is 9.24. The third-order valence-corrected chi connectivity index (χ3v) is 4.02. The fraction of sp³-hybridized carbons (Fsp3) is 0.286. The van der Waals surface area contributed by atoms with E-state index in [0.717, 1.165) is 27.3 Å². The summed E-state index contributed by atoms with van der Waals surface area (Å²) in [5.41, 5.74) is 7.85. The van der Waals surface area contributed by atoms with E-state index < -0.39 is 0 Å². The molecule has 1 aromatic carbocycles. The van der Waals surface area contributed by atoms with Gasteiger partial charge in [0.05, 0.1) is 0 Å². The number of thiophene rings is 1. The van der Waals surface area contributed by atoms with E-state index in [1.165, 1.54) is 6.07 Å². The zero-order valence-corrected chi connectivity index (χ0v) is 10.9. The first-order chi connectivity index (χ1) is 8.10. The van der Waals surface area contributed by atoms with Crippen LogP contribution in [0.15, 0.2) is 30.3 Å². The fourth-order valence-electron chi connectivity index (χ4n) is 1.79. The van der Waals surface area contributed by atoms with Crippen LogP contribution in [0.2, 0.25) is 0 Å². The molecule has 0 radical (unpaired) electrons. The van der Waals surface area contributed by atoms with Crippen LogP contribution in [0.1, 0.15) is 29.8 Å². The van der Waals surface area contributed by atoms with Crippen molar-refractivity contribution < 1.29 is 4.39 Å². The summed E-state index contributed by atoms with van der Waals surface area (Å²) in [6.07, 6.45) is 0.919. The van der Waals surface area contributed by atoms with Gasteiger partial charge in [-0.3, -0.25) is 0 Å². The van der Waals surface area contributed by atoms with Gasteiger partial charge in [0.25, 0.3) is 0 Å². The quantitative estimate of drug-likeness (QED) is 0.863. The van der Waals surface area contributed by atoms with Gasteiger partial charge >= 0.3 is 0 Å². The van der Waals surface area contributed by atoms with Gasteiger partial charge in [-0.2, -0.15) is 0 Å². The van der Waals surface area contributed by atoms with Gasteiger partial charge in [-0.15, -0.1) is 11.3 Å². The standard InChI is InChI=1S/C14H16FNS/c1-3-12(16)14-5-4-13(17-14)10-6-9(2)7-11(15)8-10/h4-8,12H,3,16H2,1-2H3. The molecule has 0 saturated carbocycles. The lowest BCUT2D eigenvalue weighted by atomic mass is 10.1. The van der Waals surface area contributed by atoms with Crippen molar-refractivity contribution in [1.82, 2.24) is 0 Å². The molecule has 0 bridgehead atoms. The second kappa shape index (κ2) is 4.98. The Bertz CT molecular complexity index is 498. The first kappa shape index (κ1) is 12.3. The van der Waals surface area contributed by atoms with Crippen LogP contribution < -0.4 is 5.73 Å². The number of hydrogen-bond donors (Lipinski definition) is 1. The van der Waals surface area contributed by atoms with E-state index in [1.54, 1.807) is 17.4 Å². The van der Waals surface area contributed by atoms with Gasteiger partial charge in [0.15, 0.2) is 0 Å². The molecule has 0 spiro atoms. The number of halogens is 1. The second-order valence-electron chi connectivity index (χ2n) is 4.23. The lowest BCUT2D eigenvalue weighted by Crippen LogP contribution is -2.05. The van der Waals surface area contributed by atoms with Crippen LogP contribution in [-0.4, -0.2) is 0 Å². The molecule has 1 aromatic heterocycles. The minimum Gasteiger partial charge on any atom is -0.323 e. The number of nitrogens with two attached hydrogens (primary N) is 1. The van der Waals surface area contributed by atoms with E-state index in [4.69, 9.17) is 5.73 Å². The summed E-state index contributed by atoms with van der Waals surface area (Å²) in [7, 11) is 0. The molecule has 1 atom stereocenters. The molecular weight excluding hydrogens is 233 g/mol. The number of rotatable bonds is 3. The highest BCUT2D eigenvalue weighted by Crippen LogP contribution is 2.32. The molecule has 1 unspecified atom stereocenters. The minimum absolute atomic E-state index is 0.0865. The average Bonchev–Trinajstić information content (AvgIpc) is 2.76. The smallest absolute Gasteiger partial charge is 0.124 e. The van der Waals surface area contributed by atoms with Crippen LogP contribution in [0.5, 0.6) is 0 Å². The third-order valence-electron chi connectivity index (χ3n) is 2.76. The first-order valence-electron chi connectivity index (χ1n) is 5.73. The molecule has 0 aliphatic carbocycles. The zero-order valence-electron chi connectivity index (χ0n) is 10.0. The Morgan fingerprint density at radius 3 is 2.71 bits per heavy atom. The second-order valence-corrected chi connectivity index (χ2v) is 5.35. The van der Waals surface area contributed by atoms with Crippen molar-refractivity contribution in [2.24, 2.45) is 5.73 Å². The van der Waals surface area contributed by atoms with Crippen molar-refractivity contribution in [3.05, 3.63) is 46.6 Å². The summed E-state index contributed by atoms with van der Waals surface area (Å²) < 4.78 is 13.3. The van der Waals surface area contributed by atoms with Gasteiger partial charge in [0, 0.05) is 15.8 Å². The summed E-state index contributed by atoms with van der Waals surface area (Å²) in [5.74, 6) is -0.185. The van der Waals surface area contributed by atoms with Gasteiger partial charge in [-0.25, -0.2) is 4.39 Å². The molecule has 17 heavy (non-hydrogen) atoms. The Hall–Kier alpha value is -1.19. The average molecular weight is 249 g/mol. The number of benzene rings is 1. The van der Waals surface area contributed by atoms with E-state index in [0.29, 0.717) is 0 Å². The predicted molar refractivity (Wildman–Crippen MR) is 71.7 cm³/mol. The molecule has 2 aromatic rings. The lowest BCUT2D eigenvalue weighted by molar-refractivity contribution is 0.627. The number of aryl methyl sites for hydroxylation is 1. The highest BCUT2D eigenvalue weighted by Gasteiger charge is 2.09. The molecule has 0 fully saturated rings. The monoisotopic (exact) mass is 249 g/mol. The largest absolute Gasteiger partial charge is 0.323 e. The van der Waals surface area contributed by atoms with Gasteiger partial charge in [-0.05, 0) is 48.7 Å². The third kappa shape index (κ3) is 2.73. The maximum Gasteiger partial charge on any atom is 0.124 e. The molecule has 0 saturated heterocycles. The van der Waals surface area contributed by atoms with Crippen LogP contribution >= 0.6 is 11.3 Å². The first-order valence-corrected chi connectivity index (χ1v) is 6.54. The van der Waals surface area contributed by atoms with Crippen molar-refractivity contribution in [3.8, 4) is 10.4 Å². The normalized spacial score (nSPS) is 12.7. The van der Waals surface area contributed by atoms with Gasteiger partial charge in [-0.1, -0.05) is 13.0 Å². The summed E-state index contributed by atoms with van der Waals surface area (Å²) >= 11 is 1.64. The number of hydrogen-bond acceptors (Lipinski definition) is 2. The lowest BCUT2D eigenvalue weighted by Gasteiger charge is -2.04. The van der Waals surface area contributed by atoms with Crippen LogP contribution in [0.3, 0.4) is 0 Å².